The molecule has 0 bridgehead atoms. The van der Waals surface area contributed by atoms with Crippen molar-refractivity contribution in [2.45, 2.75) is 52.0 Å². The number of carbonyl (C=O) groups excluding carboxylic acids is 1. The normalized spacial score (nSPS) is 15.5. The van der Waals surface area contributed by atoms with Crippen molar-refractivity contribution in [3.8, 4) is 0 Å². The molecule has 1 aromatic rings. The van der Waals surface area contributed by atoms with Crippen molar-refractivity contribution < 1.29 is 4.79 Å². The van der Waals surface area contributed by atoms with Gasteiger partial charge in [-0.1, -0.05) is 31.0 Å². The summed E-state index contributed by atoms with van der Waals surface area (Å²) in [5, 5.41) is 5.98. The zero-order valence-corrected chi connectivity index (χ0v) is 12.0. The maximum Gasteiger partial charge on any atom is 0.315 e. The average Bonchev–Trinajstić information content (AvgIpc) is 2.86. The van der Waals surface area contributed by atoms with Crippen LogP contribution in [-0.4, -0.2) is 18.6 Å². The van der Waals surface area contributed by atoms with Gasteiger partial charge in [-0.15, -0.1) is 0 Å². The second kappa shape index (κ2) is 6.60. The smallest absolute Gasteiger partial charge is 0.315 e. The molecule has 3 nitrogen and oxygen atoms in total. The van der Waals surface area contributed by atoms with Crippen LogP contribution >= 0.6 is 0 Å². The third-order valence-electron chi connectivity index (χ3n) is 3.96. The van der Waals surface area contributed by atoms with Crippen LogP contribution in [0.4, 0.5) is 4.79 Å². The summed E-state index contributed by atoms with van der Waals surface area (Å²) in [6.07, 6.45) is 5.63. The van der Waals surface area contributed by atoms with Crippen molar-refractivity contribution in [3.63, 3.8) is 0 Å². The van der Waals surface area contributed by atoms with Gasteiger partial charge in [0.2, 0.25) is 0 Å². The molecule has 0 atom stereocenters. The Morgan fingerprint density at radius 2 is 1.95 bits per heavy atom. The van der Waals surface area contributed by atoms with E-state index in [-0.39, 0.29) is 6.03 Å². The van der Waals surface area contributed by atoms with Gasteiger partial charge in [0.05, 0.1) is 0 Å². The zero-order chi connectivity index (χ0) is 13.7. The Kier molecular flexibility index (Phi) is 4.83. The maximum absolute atomic E-state index is 11.7. The molecular weight excluding hydrogens is 236 g/mol. The lowest BCUT2D eigenvalue weighted by Crippen LogP contribution is -2.41. The van der Waals surface area contributed by atoms with Gasteiger partial charge < -0.3 is 10.6 Å². The number of benzene rings is 1. The summed E-state index contributed by atoms with van der Waals surface area (Å²) in [7, 11) is 0. The molecule has 19 heavy (non-hydrogen) atoms. The van der Waals surface area contributed by atoms with Crippen LogP contribution in [0.25, 0.3) is 0 Å². The van der Waals surface area contributed by atoms with Crippen LogP contribution in [0.2, 0.25) is 0 Å². The number of urea groups is 1. The number of rotatable bonds is 4. The van der Waals surface area contributed by atoms with Crippen LogP contribution in [0.5, 0.6) is 0 Å². The van der Waals surface area contributed by atoms with E-state index < -0.39 is 0 Å². The second-order valence-corrected chi connectivity index (χ2v) is 5.55. The van der Waals surface area contributed by atoms with E-state index in [4.69, 9.17) is 0 Å². The molecule has 1 aliphatic carbocycles. The van der Waals surface area contributed by atoms with Gasteiger partial charge in [-0.2, -0.15) is 0 Å². The van der Waals surface area contributed by atoms with Gasteiger partial charge in [-0.05, 0) is 49.8 Å². The Labute approximate surface area is 115 Å². The standard InChI is InChI=1S/C16H24N2O/c1-12-7-8-14(11-13(12)2)9-10-17-16(19)18-15-5-3-4-6-15/h7-8,11,15H,3-6,9-10H2,1-2H3,(H2,17,18,19). The van der Waals surface area contributed by atoms with E-state index in [0.29, 0.717) is 12.6 Å². The number of hydrogen-bond donors (Lipinski definition) is 2. The largest absolute Gasteiger partial charge is 0.338 e. The lowest BCUT2D eigenvalue weighted by Gasteiger charge is -2.13. The molecule has 1 fully saturated rings. The molecule has 2 amide bonds. The van der Waals surface area contributed by atoms with Crippen molar-refractivity contribution >= 4 is 6.03 Å². The van der Waals surface area contributed by atoms with Crippen LogP contribution in [0.1, 0.15) is 42.4 Å². The highest BCUT2D eigenvalue weighted by atomic mass is 16.2. The van der Waals surface area contributed by atoms with Gasteiger partial charge in [0.15, 0.2) is 0 Å². The highest BCUT2D eigenvalue weighted by Crippen LogP contribution is 2.17. The fraction of sp³-hybridized carbons (Fsp3) is 0.562. The highest BCUT2D eigenvalue weighted by molar-refractivity contribution is 5.74. The summed E-state index contributed by atoms with van der Waals surface area (Å²) < 4.78 is 0. The van der Waals surface area contributed by atoms with E-state index in [9.17, 15) is 4.79 Å². The van der Waals surface area contributed by atoms with Gasteiger partial charge in [0.1, 0.15) is 0 Å². The van der Waals surface area contributed by atoms with Crippen LogP contribution < -0.4 is 10.6 Å². The minimum absolute atomic E-state index is 0.0178. The monoisotopic (exact) mass is 260 g/mol. The first kappa shape index (κ1) is 13.9. The fourth-order valence-electron chi connectivity index (χ4n) is 2.59. The Hall–Kier alpha value is -1.51. The van der Waals surface area contributed by atoms with E-state index in [1.54, 1.807) is 0 Å². The molecule has 0 aromatic heterocycles. The summed E-state index contributed by atoms with van der Waals surface area (Å²) in [6.45, 7) is 4.94. The van der Waals surface area contributed by atoms with Gasteiger partial charge in [-0.3, -0.25) is 0 Å². The maximum atomic E-state index is 11.7. The summed E-state index contributed by atoms with van der Waals surface area (Å²) in [4.78, 5) is 11.7. The van der Waals surface area contributed by atoms with Crippen LogP contribution in [0.15, 0.2) is 18.2 Å². The molecule has 0 radical (unpaired) electrons. The first-order valence-corrected chi connectivity index (χ1v) is 7.25. The Morgan fingerprint density at radius 3 is 2.63 bits per heavy atom. The number of amides is 2. The highest BCUT2D eigenvalue weighted by Gasteiger charge is 2.16. The molecule has 0 saturated heterocycles. The molecule has 2 rings (SSSR count). The van der Waals surface area contributed by atoms with E-state index in [0.717, 1.165) is 19.3 Å². The molecule has 104 valence electrons. The lowest BCUT2D eigenvalue weighted by molar-refractivity contribution is 0.237. The minimum atomic E-state index is -0.0178. The Morgan fingerprint density at radius 1 is 1.21 bits per heavy atom. The topological polar surface area (TPSA) is 41.1 Å². The molecular formula is C16H24N2O. The lowest BCUT2D eigenvalue weighted by atomic mass is 10.0. The third-order valence-corrected chi connectivity index (χ3v) is 3.96. The second-order valence-electron chi connectivity index (χ2n) is 5.55. The van der Waals surface area contributed by atoms with Crippen molar-refractivity contribution in [1.82, 2.24) is 10.6 Å². The van der Waals surface area contributed by atoms with Gasteiger partial charge in [0, 0.05) is 12.6 Å². The van der Waals surface area contributed by atoms with Crippen molar-refractivity contribution in [3.05, 3.63) is 34.9 Å². The summed E-state index contributed by atoms with van der Waals surface area (Å²) >= 11 is 0. The Balaban J connectivity index is 1.70. The summed E-state index contributed by atoms with van der Waals surface area (Å²) in [5.74, 6) is 0. The van der Waals surface area contributed by atoms with Crippen LogP contribution in [0, 0.1) is 13.8 Å². The van der Waals surface area contributed by atoms with Crippen molar-refractivity contribution in [1.29, 1.82) is 0 Å². The van der Waals surface area contributed by atoms with Gasteiger partial charge in [-0.25, -0.2) is 4.79 Å². The molecule has 1 aliphatic rings. The molecule has 0 aliphatic heterocycles. The van der Waals surface area contributed by atoms with Gasteiger partial charge >= 0.3 is 6.03 Å². The van der Waals surface area contributed by atoms with Gasteiger partial charge in [0.25, 0.3) is 0 Å². The van der Waals surface area contributed by atoms with Crippen molar-refractivity contribution in [2.75, 3.05) is 6.54 Å². The molecule has 0 heterocycles. The average molecular weight is 260 g/mol. The first-order chi connectivity index (χ1) is 9.15. The first-order valence-electron chi connectivity index (χ1n) is 7.25. The minimum Gasteiger partial charge on any atom is -0.338 e. The predicted molar refractivity (Wildman–Crippen MR) is 78.4 cm³/mol. The summed E-state index contributed by atoms with van der Waals surface area (Å²) in [6, 6.07) is 6.85. The van der Waals surface area contributed by atoms with E-state index in [1.807, 2.05) is 0 Å². The fourth-order valence-corrected chi connectivity index (χ4v) is 2.59. The Bertz CT molecular complexity index is 436. The molecule has 0 unspecified atom stereocenters. The van der Waals surface area contributed by atoms with E-state index in [2.05, 4.69) is 42.7 Å². The van der Waals surface area contributed by atoms with E-state index in [1.165, 1.54) is 29.5 Å². The van der Waals surface area contributed by atoms with Crippen LogP contribution in [-0.2, 0) is 6.42 Å². The molecule has 0 spiro atoms. The van der Waals surface area contributed by atoms with E-state index >= 15 is 0 Å². The number of carbonyl (C=O) groups is 1. The molecule has 1 saturated carbocycles. The molecule has 2 N–H and O–H groups in total. The third kappa shape index (κ3) is 4.27. The van der Waals surface area contributed by atoms with Crippen molar-refractivity contribution in [2.24, 2.45) is 0 Å². The summed E-state index contributed by atoms with van der Waals surface area (Å²) in [5.41, 5.74) is 3.91. The van der Waals surface area contributed by atoms with Crippen LogP contribution in [0.3, 0.4) is 0 Å². The zero-order valence-electron chi connectivity index (χ0n) is 12.0. The SMILES string of the molecule is Cc1ccc(CCNC(=O)NC2CCCC2)cc1C. The number of aryl methyl sites for hydroxylation is 2. The molecule has 1 aromatic carbocycles. The quantitative estimate of drug-likeness (QED) is 0.858. The number of nitrogens with one attached hydrogen (secondary N) is 2. The predicted octanol–water partition coefficient (Wildman–Crippen LogP) is 3.09. The molecule has 3 heteroatoms. The number of hydrogen-bond acceptors (Lipinski definition) is 1.